The van der Waals surface area contributed by atoms with E-state index in [9.17, 15) is 9.59 Å². The second-order valence-corrected chi connectivity index (χ2v) is 5.40. The second kappa shape index (κ2) is 3.64. The van der Waals surface area contributed by atoms with Crippen LogP contribution in [0.4, 0.5) is 5.69 Å². The van der Waals surface area contributed by atoms with Gasteiger partial charge in [-0.1, -0.05) is 29.5 Å². The molecule has 5 nitrogen and oxygen atoms in total. The number of carbonyl (C=O) groups is 1. The molecule has 0 aliphatic carbocycles. The lowest BCUT2D eigenvalue weighted by atomic mass is 10.1. The molecule has 2 aromatic rings. The molecule has 0 bridgehead atoms. The highest BCUT2D eigenvalue weighted by Gasteiger charge is 2.26. The number of fused-ring (bicyclic) bond motifs is 2. The molecule has 0 fully saturated rings. The zero-order chi connectivity index (χ0) is 13.0. The topological polar surface area (TPSA) is 63.5 Å². The Balaban J connectivity index is 2.16. The zero-order valence-corrected chi connectivity index (χ0v) is 10.7. The van der Waals surface area contributed by atoms with Crippen LogP contribution in [-0.2, 0) is 11.3 Å². The molecule has 94 valence electrons. The number of hydrogen-bond acceptors (Lipinski definition) is 4. The lowest BCUT2D eigenvalue weighted by Crippen LogP contribution is -2.32. The number of benzene rings is 1. The molecule has 1 aromatic carbocycles. The molecule has 6 heteroatoms. The lowest BCUT2D eigenvalue weighted by Gasteiger charge is -1.94. The average molecular weight is 271 g/mol. The second-order valence-electron chi connectivity index (χ2n) is 4.43. The number of amides is 1. The number of nitrogens with zero attached hydrogens (tertiary/aromatic N) is 2. The summed E-state index contributed by atoms with van der Waals surface area (Å²) in [5, 5.41) is 2.79. The predicted molar refractivity (Wildman–Crippen MR) is 71.8 cm³/mol. The molecular formula is C13H9N3O2S. The normalized spacial score (nSPS) is 18.8. The number of rotatable bonds is 0. The van der Waals surface area contributed by atoms with Gasteiger partial charge in [-0.05, 0) is 6.07 Å². The van der Waals surface area contributed by atoms with Crippen LogP contribution in [0, 0.1) is 0 Å². The van der Waals surface area contributed by atoms with Gasteiger partial charge in [0, 0.05) is 17.8 Å². The van der Waals surface area contributed by atoms with Gasteiger partial charge in [0.15, 0.2) is 4.80 Å². The number of anilines is 1. The molecule has 1 amide bonds. The van der Waals surface area contributed by atoms with Gasteiger partial charge in [-0.3, -0.25) is 19.1 Å². The summed E-state index contributed by atoms with van der Waals surface area (Å²) < 4.78 is 2.13. The van der Waals surface area contributed by atoms with Crippen molar-refractivity contribution in [2.75, 3.05) is 11.9 Å². The molecule has 2 aliphatic heterocycles. The predicted octanol–water partition coefficient (Wildman–Crippen LogP) is -0.306. The summed E-state index contributed by atoms with van der Waals surface area (Å²) in [4.78, 5) is 29.4. The van der Waals surface area contributed by atoms with Crippen molar-refractivity contribution in [3.8, 4) is 0 Å². The fourth-order valence-corrected chi connectivity index (χ4v) is 3.59. The molecule has 1 aromatic heterocycles. The summed E-state index contributed by atoms with van der Waals surface area (Å²) in [5.74, 6) is -0.209. The van der Waals surface area contributed by atoms with Gasteiger partial charge in [-0.2, -0.15) is 0 Å². The Bertz CT molecular complexity index is 891. The average Bonchev–Trinajstić information content (AvgIpc) is 3.04. The summed E-state index contributed by atoms with van der Waals surface area (Å²) in [6, 6.07) is 7.42. The number of carbonyl (C=O) groups excluding carboxylic acids is 1. The van der Waals surface area contributed by atoms with Crippen molar-refractivity contribution in [1.29, 1.82) is 0 Å². The van der Waals surface area contributed by atoms with Crippen LogP contribution in [0.25, 0.3) is 5.57 Å². The number of nitrogens with one attached hydrogen (secondary N) is 1. The SMILES string of the molecule is O=C1Nc2ccccc2/C1=c1\sc2n(c1=O)CCN=2. The Morgan fingerprint density at radius 1 is 1.26 bits per heavy atom. The first-order chi connectivity index (χ1) is 9.25. The van der Waals surface area contributed by atoms with Crippen molar-refractivity contribution in [3.63, 3.8) is 0 Å². The summed E-state index contributed by atoms with van der Waals surface area (Å²) >= 11 is 1.30. The highest BCUT2D eigenvalue weighted by molar-refractivity contribution is 7.07. The Labute approximate surface area is 111 Å². The maximum Gasteiger partial charge on any atom is 0.271 e. The summed E-state index contributed by atoms with van der Waals surface area (Å²) in [6.07, 6.45) is 0. The van der Waals surface area contributed by atoms with Crippen LogP contribution >= 0.6 is 11.3 Å². The molecule has 0 saturated heterocycles. The van der Waals surface area contributed by atoms with Crippen LogP contribution in [0.15, 0.2) is 34.1 Å². The van der Waals surface area contributed by atoms with E-state index in [-0.39, 0.29) is 11.5 Å². The molecule has 0 saturated carbocycles. The summed E-state index contributed by atoms with van der Waals surface area (Å²) in [6.45, 7) is 1.26. The molecular weight excluding hydrogens is 262 g/mol. The van der Waals surface area contributed by atoms with E-state index in [1.165, 1.54) is 11.3 Å². The smallest absolute Gasteiger partial charge is 0.271 e. The first-order valence-electron chi connectivity index (χ1n) is 5.95. The highest BCUT2D eigenvalue weighted by Crippen LogP contribution is 2.29. The first kappa shape index (κ1) is 10.7. The van der Waals surface area contributed by atoms with E-state index < -0.39 is 0 Å². The summed E-state index contributed by atoms with van der Waals surface area (Å²) in [5.41, 5.74) is 1.92. The minimum Gasteiger partial charge on any atom is -0.321 e. The van der Waals surface area contributed by atoms with Gasteiger partial charge < -0.3 is 5.32 Å². The Kier molecular flexibility index (Phi) is 2.05. The molecule has 19 heavy (non-hydrogen) atoms. The van der Waals surface area contributed by atoms with Gasteiger partial charge in [0.1, 0.15) is 4.53 Å². The molecule has 0 radical (unpaired) electrons. The number of para-hydroxylation sites is 1. The maximum atomic E-state index is 12.3. The van der Waals surface area contributed by atoms with E-state index >= 15 is 0 Å². The van der Waals surface area contributed by atoms with E-state index in [1.54, 1.807) is 4.57 Å². The van der Waals surface area contributed by atoms with Crippen molar-refractivity contribution in [1.82, 2.24) is 4.57 Å². The van der Waals surface area contributed by atoms with Crippen LogP contribution < -0.4 is 20.2 Å². The minimum absolute atomic E-state index is 0.108. The third kappa shape index (κ3) is 1.37. The fraction of sp³-hybridized carbons (Fsp3) is 0.154. The van der Waals surface area contributed by atoms with Gasteiger partial charge in [-0.15, -0.1) is 0 Å². The minimum atomic E-state index is -0.209. The van der Waals surface area contributed by atoms with Crippen LogP contribution in [0.1, 0.15) is 5.56 Å². The van der Waals surface area contributed by atoms with E-state index in [0.717, 1.165) is 11.3 Å². The quantitative estimate of drug-likeness (QED) is 0.714. The number of thiazole rings is 1. The highest BCUT2D eigenvalue weighted by atomic mass is 32.1. The van der Waals surface area contributed by atoms with Crippen LogP contribution in [-0.4, -0.2) is 17.0 Å². The monoisotopic (exact) mass is 271 g/mol. The largest absolute Gasteiger partial charge is 0.321 e. The number of hydrogen-bond donors (Lipinski definition) is 1. The lowest BCUT2D eigenvalue weighted by molar-refractivity contribution is -0.110. The van der Waals surface area contributed by atoms with Crippen molar-refractivity contribution < 1.29 is 4.79 Å². The molecule has 3 heterocycles. The van der Waals surface area contributed by atoms with Crippen molar-refractivity contribution in [2.24, 2.45) is 4.99 Å². The third-order valence-electron chi connectivity index (χ3n) is 3.33. The fourth-order valence-electron chi connectivity index (χ4n) is 2.46. The molecule has 0 atom stereocenters. The van der Waals surface area contributed by atoms with Gasteiger partial charge >= 0.3 is 0 Å². The standard InChI is InChI=1S/C13H9N3O2S/c17-11-9(7-3-1-2-4-8(7)15-11)10-12(18)16-6-5-14-13(16)19-10/h1-4H,5-6H2,(H,15,17)/b10-9+. The number of aromatic nitrogens is 1. The summed E-state index contributed by atoms with van der Waals surface area (Å²) in [7, 11) is 0. The van der Waals surface area contributed by atoms with Gasteiger partial charge in [0.05, 0.1) is 12.1 Å². The van der Waals surface area contributed by atoms with E-state index in [4.69, 9.17) is 0 Å². The van der Waals surface area contributed by atoms with E-state index in [0.29, 0.717) is 28.0 Å². The van der Waals surface area contributed by atoms with E-state index in [2.05, 4.69) is 10.3 Å². The molecule has 4 rings (SSSR count). The van der Waals surface area contributed by atoms with E-state index in [1.807, 2.05) is 24.3 Å². The zero-order valence-electron chi connectivity index (χ0n) is 9.84. The maximum absolute atomic E-state index is 12.3. The molecule has 1 N–H and O–H groups in total. The van der Waals surface area contributed by atoms with Crippen molar-refractivity contribution in [3.05, 3.63) is 49.5 Å². The van der Waals surface area contributed by atoms with Crippen LogP contribution in [0.5, 0.6) is 0 Å². The Morgan fingerprint density at radius 3 is 2.95 bits per heavy atom. The molecule has 0 unspecified atom stereocenters. The van der Waals surface area contributed by atoms with Gasteiger partial charge in [0.25, 0.3) is 11.5 Å². The Morgan fingerprint density at radius 2 is 2.11 bits per heavy atom. The van der Waals surface area contributed by atoms with Gasteiger partial charge in [-0.25, -0.2) is 0 Å². The first-order valence-corrected chi connectivity index (χ1v) is 6.76. The van der Waals surface area contributed by atoms with Gasteiger partial charge in [0.2, 0.25) is 0 Å². The van der Waals surface area contributed by atoms with Crippen molar-refractivity contribution >= 4 is 28.5 Å². The third-order valence-corrected chi connectivity index (χ3v) is 4.45. The van der Waals surface area contributed by atoms with Crippen LogP contribution in [0.3, 0.4) is 0 Å². The molecule has 0 spiro atoms. The Hall–Kier alpha value is -2.21. The van der Waals surface area contributed by atoms with Crippen LogP contribution in [0.2, 0.25) is 0 Å². The molecule has 2 aliphatic rings. The van der Waals surface area contributed by atoms with Crippen molar-refractivity contribution in [2.45, 2.75) is 6.54 Å².